The zero-order chi connectivity index (χ0) is 20.5. The number of aromatic nitrogens is 1. The summed E-state index contributed by atoms with van der Waals surface area (Å²) >= 11 is 0. The summed E-state index contributed by atoms with van der Waals surface area (Å²) in [7, 11) is 0. The number of hydrogen-bond acceptors (Lipinski definition) is 8. The molecule has 11 nitrogen and oxygen atoms in total. The van der Waals surface area contributed by atoms with Crippen LogP contribution in [0.15, 0.2) is 30.3 Å². The van der Waals surface area contributed by atoms with E-state index < -0.39 is 28.7 Å². The number of nitrogens with one attached hydrogen (secondary N) is 1. The lowest BCUT2D eigenvalue weighted by atomic mass is 10.2. The molecule has 11 heteroatoms. The molecule has 2 aliphatic heterocycles. The number of amides is 2. The van der Waals surface area contributed by atoms with Gasteiger partial charge >= 0.3 is 5.82 Å². The van der Waals surface area contributed by atoms with Gasteiger partial charge in [-0.05, 0) is 34.5 Å². The average Bonchev–Trinajstić information content (AvgIpc) is 3.17. The third-order valence-electron chi connectivity index (χ3n) is 4.41. The summed E-state index contributed by atoms with van der Waals surface area (Å²) in [6.45, 7) is 1.49. The van der Waals surface area contributed by atoms with Gasteiger partial charge in [0.15, 0.2) is 23.4 Å². The first-order chi connectivity index (χ1) is 14.0. The van der Waals surface area contributed by atoms with Gasteiger partial charge in [0.25, 0.3) is 11.7 Å². The maximum atomic E-state index is 12.7. The number of pyridine rings is 1. The predicted octanol–water partition coefficient (Wildman–Crippen LogP) is 1.86. The highest BCUT2D eigenvalue weighted by Gasteiger charge is 2.39. The van der Waals surface area contributed by atoms with Crippen molar-refractivity contribution in [2.24, 2.45) is 0 Å². The molecule has 150 valence electrons. The number of anilines is 2. The Hall–Kier alpha value is -3.89. The normalized spacial score (nSPS) is 16.8. The van der Waals surface area contributed by atoms with Gasteiger partial charge in [-0.2, -0.15) is 0 Å². The number of ether oxygens (including phenoxy) is 3. The van der Waals surface area contributed by atoms with Crippen LogP contribution in [0.1, 0.15) is 13.3 Å². The van der Waals surface area contributed by atoms with Crippen molar-refractivity contribution in [2.75, 3.05) is 23.6 Å². The van der Waals surface area contributed by atoms with Gasteiger partial charge in [-0.15, -0.1) is 0 Å². The van der Waals surface area contributed by atoms with E-state index in [1.54, 1.807) is 25.1 Å². The molecule has 1 N–H and O–H groups in total. The standard InChI is InChI=1S/C18H16N4O7/c1-2-11-18(24)21(17-13(29-11)5-6-15(20-17)22(25)26)8-16(23)19-10-3-4-12-14(7-10)28-9-27-12/h3-7,11H,2,8-9H2,1H3,(H,19,23). The fourth-order valence-corrected chi connectivity index (χ4v) is 3.02. The largest absolute Gasteiger partial charge is 0.474 e. The van der Waals surface area contributed by atoms with E-state index in [0.29, 0.717) is 23.6 Å². The number of rotatable bonds is 5. The second kappa shape index (κ2) is 7.26. The average molecular weight is 400 g/mol. The van der Waals surface area contributed by atoms with Crippen molar-refractivity contribution in [1.82, 2.24) is 4.98 Å². The van der Waals surface area contributed by atoms with E-state index in [1.807, 2.05) is 0 Å². The lowest BCUT2D eigenvalue weighted by Gasteiger charge is -2.30. The second-order valence-corrected chi connectivity index (χ2v) is 6.30. The van der Waals surface area contributed by atoms with Crippen LogP contribution in [0.25, 0.3) is 0 Å². The number of hydrogen-bond donors (Lipinski definition) is 1. The van der Waals surface area contributed by atoms with Gasteiger partial charge in [-0.3, -0.25) is 14.5 Å². The molecule has 4 rings (SSSR count). The number of carbonyl (C=O) groups excluding carboxylic acids is 2. The van der Waals surface area contributed by atoms with E-state index in [2.05, 4.69) is 10.3 Å². The Bertz CT molecular complexity index is 1010. The van der Waals surface area contributed by atoms with Crippen LogP contribution in [0.2, 0.25) is 0 Å². The Morgan fingerprint density at radius 3 is 2.79 bits per heavy atom. The number of carbonyl (C=O) groups is 2. The number of benzene rings is 1. The molecule has 2 amide bonds. The van der Waals surface area contributed by atoms with Crippen molar-refractivity contribution >= 4 is 29.1 Å². The summed E-state index contributed by atoms with van der Waals surface area (Å²) in [4.78, 5) is 40.6. The molecule has 3 heterocycles. The van der Waals surface area contributed by atoms with Crippen LogP contribution in [-0.2, 0) is 9.59 Å². The number of nitro groups is 1. The van der Waals surface area contributed by atoms with E-state index in [4.69, 9.17) is 14.2 Å². The van der Waals surface area contributed by atoms with E-state index >= 15 is 0 Å². The minimum absolute atomic E-state index is 0.0604. The van der Waals surface area contributed by atoms with Gasteiger partial charge < -0.3 is 29.6 Å². The lowest BCUT2D eigenvalue weighted by Crippen LogP contribution is -2.49. The van der Waals surface area contributed by atoms with Gasteiger partial charge in [0.05, 0.1) is 0 Å². The fourth-order valence-electron chi connectivity index (χ4n) is 3.02. The first kappa shape index (κ1) is 18.5. The molecule has 0 fully saturated rings. The fraction of sp³-hybridized carbons (Fsp3) is 0.278. The van der Waals surface area contributed by atoms with Crippen molar-refractivity contribution in [3.05, 3.63) is 40.4 Å². The van der Waals surface area contributed by atoms with Gasteiger partial charge in [-0.25, -0.2) is 0 Å². The maximum Gasteiger partial charge on any atom is 0.366 e. The molecular weight excluding hydrogens is 384 g/mol. The van der Waals surface area contributed by atoms with Crippen molar-refractivity contribution in [3.63, 3.8) is 0 Å². The van der Waals surface area contributed by atoms with Crippen molar-refractivity contribution in [1.29, 1.82) is 0 Å². The van der Waals surface area contributed by atoms with Crippen LogP contribution in [0.4, 0.5) is 17.3 Å². The van der Waals surface area contributed by atoms with Gasteiger partial charge in [0.1, 0.15) is 6.54 Å². The highest BCUT2D eigenvalue weighted by Crippen LogP contribution is 2.36. The van der Waals surface area contributed by atoms with Gasteiger partial charge in [0, 0.05) is 17.8 Å². The van der Waals surface area contributed by atoms with Crippen molar-refractivity contribution < 1.29 is 28.7 Å². The minimum Gasteiger partial charge on any atom is -0.474 e. The van der Waals surface area contributed by atoms with Gasteiger partial charge in [-0.1, -0.05) is 6.92 Å². The molecule has 0 saturated heterocycles. The summed E-state index contributed by atoms with van der Waals surface area (Å²) in [6.07, 6.45) is -0.431. The topological polar surface area (TPSA) is 133 Å². The first-order valence-corrected chi connectivity index (χ1v) is 8.79. The van der Waals surface area contributed by atoms with E-state index in [-0.39, 0.29) is 24.9 Å². The molecule has 0 aliphatic carbocycles. The van der Waals surface area contributed by atoms with E-state index in [9.17, 15) is 19.7 Å². The summed E-state index contributed by atoms with van der Waals surface area (Å²) < 4.78 is 16.1. The molecule has 0 spiro atoms. The van der Waals surface area contributed by atoms with Crippen LogP contribution in [-0.4, -0.2) is 41.2 Å². The highest BCUT2D eigenvalue weighted by molar-refractivity contribution is 6.05. The number of nitrogens with zero attached hydrogens (tertiary/aromatic N) is 3. The smallest absolute Gasteiger partial charge is 0.366 e. The second-order valence-electron chi connectivity index (χ2n) is 6.30. The minimum atomic E-state index is -0.802. The molecule has 1 aromatic carbocycles. The molecule has 2 aliphatic rings. The monoisotopic (exact) mass is 400 g/mol. The Morgan fingerprint density at radius 2 is 2.03 bits per heavy atom. The number of fused-ring (bicyclic) bond motifs is 2. The molecule has 0 radical (unpaired) electrons. The zero-order valence-corrected chi connectivity index (χ0v) is 15.3. The van der Waals surface area contributed by atoms with Gasteiger partial charge in [0.2, 0.25) is 12.7 Å². The maximum absolute atomic E-state index is 12.7. The third kappa shape index (κ3) is 3.49. The molecule has 29 heavy (non-hydrogen) atoms. The summed E-state index contributed by atoms with van der Waals surface area (Å²) in [6, 6.07) is 7.46. The highest BCUT2D eigenvalue weighted by atomic mass is 16.7. The first-order valence-electron chi connectivity index (χ1n) is 8.79. The Kier molecular flexibility index (Phi) is 4.63. The quantitative estimate of drug-likeness (QED) is 0.594. The summed E-state index contributed by atoms with van der Waals surface area (Å²) in [5, 5.41) is 13.7. The molecule has 2 aromatic rings. The molecule has 1 aromatic heterocycles. The Labute approximate surface area is 164 Å². The molecule has 1 atom stereocenters. The van der Waals surface area contributed by atoms with Crippen molar-refractivity contribution in [3.8, 4) is 17.2 Å². The van der Waals surface area contributed by atoms with E-state index in [0.717, 1.165) is 4.90 Å². The van der Waals surface area contributed by atoms with Crippen LogP contribution >= 0.6 is 0 Å². The zero-order valence-electron chi connectivity index (χ0n) is 15.3. The van der Waals surface area contributed by atoms with Crippen LogP contribution < -0.4 is 24.4 Å². The Morgan fingerprint density at radius 1 is 1.28 bits per heavy atom. The Balaban J connectivity index is 1.57. The summed E-state index contributed by atoms with van der Waals surface area (Å²) in [5.41, 5.74) is 0.458. The van der Waals surface area contributed by atoms with Crippen LogP contribution in [0, 0.1) is 10.1 Å². The summed E-state index contributed by atoms with van der Waals surface area (Å²) in [5.74, 6) is -0.229. The van der Waals surface area contributed by atoms with Crippen LogP contribution in [0.5, 0.6) is 17.2 Å². The molecular formula is C18H16N4O7. The third-order valence-corrected chi connectivity index (χ3v) is 4.41. The lowest BCUT2D eigenvalue weighted by molar-refractivity contribution is -0.389. The molecule has 0 bridgehead atoms. The van der Waals surface area contributed by atoms with E-state index in [1.165, 1.54) is 12.1 Å². The predicted molar refractivity (Wildman–Crippen MR) is 99.1 cm³/mol. The van der Waals surface area contributed by atoms with Crippen molar-refractivity contribution in [2.45, 2.75) is 19.4 Å². The molecule has 0 saturated carbocycles. The SMILES string of the molecule is CCC1Oc2ccc([N+](=O)[O-])nc2N(CC(=O)Nc2ccc3c(c2)OCO3)C1=O. The van der Waals surface area contributed by atoms with Crippen LogP contribution in [0.3, 0.4) is 0 Å². The molecule has 1 unspecified atom stereocenters.